The van der Waals surface area contributed by atoms with Crippen molar-refractivity contribution in [3.8, 4) is 27.5 Å². The summed E-state index contributed by atoms with van der Waals surface area (Å²) < 4.78 is 12.1. The second-order valence-electron chi connectivity index (χ2n) is 8.45. The zero-order valence-electron chi connectivity index (χ0n) is 20.5. The van der Waals surface area contributed by atoms with Gasteiger partial charge in [0.1, 0.15) is 6.61 Å². The summed E-state index contributed by atoms with van der Waals surface area (Å²) in [5, 5.41) is 11.2. The first-order valence-corrected chi connectivity index (χ1v) is 12.6. The van der Waals surface area contributed by atoms with E-state index in [2.05, 4.69) is 20.6 Å². The minimum atomic E-state index is -0.237. The molecule has 0 unspecified atom stereocenters. The largest absolute Gasteiger partial charge is 0.382 e. The maximum Gasteiger partial charge on any atom is 0.250 e. The summed E-state index contributed by atoms with van der Waals surface area (Å²) in [5.74, 6) is -0.392. The molecule has 0 bridgehead atoms. The molecule has 0 saturated carbocycles. The van der Waals surface area contributed by atoms with Crippen LogP contribution in [0.3, 0.4) is 0 Å². The van der Waals surface area contributed by atoms with Crippen LogP contribution in [0.2, 0.25) is 0 Å². The van der Waals surface area contributed by atoms with Crippen LogP contribution in [-0.2, 0) is 31.9 Å². The molecular weight excluding hydrogens is 492 g/mol. The third kappa shape index (κ3) is 5.43. The van der Waals surface area contributed by atoms with E-state index in [1.165, 1.54) is 18.3 Å². The first-order valence-electron chi connectivity index (χ1n) is 11.8. The standard InChI is InChI=1S/C26H26N6O4S/c1-16(33)28-26-30-21-10-9-20-23(17-4-3-11-27-14-17)31-32(24(20)25(21)37-26)19-7-5-18(6-8-19)29-22(34)15-36-13-12-35-2/h3-8,11,14H,9-10,12-13,15H2,1-2H3,(H,29,34)(H,28,30,33). The minimum absolute atomic E-state index is 0.0446. The Morgan fingerprint density at radius 1 is 1.11 bits per heavy atom. The average molecular weight is 519 g/mol. The summed E-state index contributed by atoms with van der Waals surface area (Å²) in [4.78, 5) is 33.7. The van der Waals surface area contributed by atoms with Crippen molar-refractivity contribution in [3.63, 3.8) is 0 Å². The fraction of sp³-hybridized carbons (Fsp3) is 0.269. The van der Waals surface area contributed by atoms with Crippen molar-refractivity contribution in [2.24, 2.45) is 0 Å². The maximum absolute atomic E-state index is 12.2. The predicted molar refractivity (Wildman–Crippen MR) is 141 cm³/mol. The highest BCUT2D eigenvalue weighted by Crippen LogP contribution is 2.44. The summed E-state index contributed by atoms with van der Waals surface area (Å²) in [6.45, 7) is 2.22. The summed E-state index contributed by atoms with van der Waals surface area (Å²) in [6.07, 6.45) is 5.08. The van der Waals surface area contributed by atoms with Gasteiger partial charge in [-0.1, -0.05) is 11.3 Å². The number of benzene rings is 1. The second kappa shape index (κ2) is 11.0. The van der Waals surface area contributed by atoms with Crippen LogP contribution in [0.15, 0.2) is 48.8 Å². The molecule has 0 aliphatic heterocycles. The predicted octanol–water partition coefficient (Wildman–Crippen LogP) is 3.72. The lowest BCUT2D eigenvalue weighted by Crippen LogP contribution is -2.19. The molecule has 4 aromatic rings. The number of carbonyl (C=O) groups excluding carboxylic acids is 2. The Hall–Kier alpha value is -3.93. The molecule has 1 aromatic carbocycles. The van der Waals surface area contributed by atoms with Crippen LogP contribution in [-0.4, -0.2) is 58.5 Å². The number of pyridine rings is 1. The number of hydrogen-bond acceptors (Lipinski definition) is 8. The van der Waals surface area contributed by atoms with Gasteiger partial charge in [0.05, 0.1) is 40.9 Å². The molecule has 1 aliphatic carbocycles. The number of fused-ring (bicyclic) bond motifs is 3. The SMILES string of the molecule is COCCOCC(=O)Nc1ccc(-n2nc(-c3cccnc3)c3c2-c2sc(NC(C)=O)nc2CC3)cc1. The number of anilines is 2. The van der Waals surface area contributed by atoms with Crippen molar-refractivity contribution in [1.82, 2.24) is 19.7 Å². The second-order valence-corrected chi connectivity index (χ2v) is 9.44. The maximum atomic E-state index is 12.2. The van der Waals surface area contributed by atoms with Gasteiger partial charge in [-0.3, -0.25) is 14.6 Å². The Morgan fingerprint density at radius 3 is 2.68 bits per heavy atom. The van der Waals surface area contributed by atoms with Crippen molar-refractivity contribution < 1.29 is 19.1 Å². The number of rotatable bonds is 9. The molecule has 2 amide bonds. The normalized spacial score (nSPS) is 12.1. The third-order valence-electron chi connectivity index (χ3n) is 5.79. The van der Waals surface area contributed by atoms with E-state index in [1.807, 2.05) is 47.3 Å². The van der Waals surface area contributed by atoms with E-state index >= 15 is 0 Å². The highest BCUT2D eigenvalue weighted by molar-refractivity contribution is 7.19. The van der Waals surface area contributed by atoms with Gasteiger partial charge in [0.25, 0.3) is 0 Å². The fourth-order valence-electron chi connectivity index (χ4n) is 4.19. The van der Waals surface area contributed by atoms with Gasteiger partial charge in [0.2, 0.25) is 11.8 Å². The molecule has 1 aliphatic rings. The smallest absolute Gasteiger partial charge is 0.250 e. The van der Waals surface area contributed by atoms with Gasteiger partial charge in [0.15, 0.2) is 5.13 Å². The number of ether oxygens (including phenoxy) is 2. The highest BCUT2D eigenvalue weighted by atomic mass is 32.1. The van der Waals surface area contributed by atoms with Gasteiger partial charge >= 0.3 is 0 Å². The number of carbonyl (C=O) groups is 2. The molecule has 2 N–H and O–H groups in total. The lowest BCUT2D eigenvalue weighted by molar-refractivity contribution is -0.121. The number of thiazole rings is 1. The van der Waals surface area contributed by atoms with E-state index in [1.54, 1.807) is 13.3 Å². The number of nitrogens with one attached hydrogen (secondary N) is 2. The number of aromatic nitrogens is 4. The van der Waals surface area contributed by atoms with Crippen molar-refractivity contribution >= 4 is 34.0 Å². The Bertz CT molecular complexity index is 1420. The molecule has 0 fully saturated rings. The number of amides is 2. The van der Waals surface area contributed by atoms with Crippen LogP contribution in [0.1, 0.15) is 18.2 Å². The van der Waals surface area contributed by atoms with Gasteiger partial charge in [-0.05, 0) is 49.2 Å². The number of methoxy groups -OCH3 is 1. The van der Waals surface area contributed by atoms with Crippen LogP contribution in [0.5, 0.6) is 0 Å². The molecule has 3 aromatic heterocycles. The van der Waals surface area contributed by atoms with E-state index in [4.69, 9.17) is 14.6 Å². The van der Waals surface area contributed by atoms with Gasteiger partial charge in [-0.15, -0.1) is 0 Å². The van der Waals surface area contributed by atoms with Crippen LogP contribution in [0, 0.1) is 0 Å². The van der Waals surface area contributed by atoms with Crippen molar-refractivity contribution in [1.29, 1.82) is 0 Å². The zero-order chi connectivity index (χ0) is 25.8. The summed E-state index contributed by atoms with van der Waals surface area (Å²) in [7, 11) is 1.58. The molecule has 11 heteroatoms. The van der Waals surface area contributed by atoms with Crippen LogP contribution >= 0.6 is 11.3 Å². The Balaban J connectivity index is 1.48. The first-order chi connectivity index (χ1) is 18.0. The molecule has 190 valence electrons. The topological polar surface area (TPSA) is 120 Å². The minimum Gasteiger partial charge on any atom is -0.382 e. The molecule has 3 heterocycles. The molecule has 0 atom stereocenters. The number of aryl methyl sites for hydroxylation is 1. The van der Waals surface area contributed by atoms with E-state index in [0.717, 1.165) is 51.6 Å². The molecule has 5 rings (SSSR count). The molecule has 0 saturated heterocycles. The summed E-state index contributed by atoms with van der Waals surface area (Å²) >= 11 is 1.45. The van der Waals surface area contributed by atoms with Gasteiger partial charge in [-0.2, -0.15) is 5.10 Å². The van der Waals surface area contributed by atoms with Crippen molar-refractivity contribution in [2.45, 2.75) is 19.8 Å². The first kappa shape index (κ1) is 24.8. The van der Waals surface area contributed by atoms with E-state index in [-0.39, 0.29) is 18.4 Å². The third-order valence-corrected chi connectivity index (χ3v) is 6.81. The van der Waals surface area contributed by atoms with Crippen LogP contribution in [0.25, 0.3) is 27.5 Å². The molecule has 0 spiro atoms. The fourth-order valence-corrected chi connectivity index (χ4v) is 5.30. The Morgan fingerprint density at radius 2 is 1.95 bits per heavy atom. The quantitative estimate of drug-likeness (QED) is 0.324. The summed E-state index contributed by atoms with van der Waals surface area (Å²) in [5.41, 5.74) is 6.31. The number of nitrogens with zero attached hydrogens (tertiary/aromatic N) is 4. The summed E-state index contributed by atoms with van der Waals surface area (Å²) in [6, 6.07) is 11.4. The molecular formula is C26H26N6O4S. The molecule has 10 nitrogen and oxygen atoms in total. The highest BCUT2D eigenvalue weighted by Gasteiger charge is 2.30. The van der Waals surface area contributed by atoms with Crippen LogP contribution < -0.4 is 10.6 Å². The van der Waals surface area contributed by atoms with Gasteiger partial charge in [0, 0.05) is 43.2 Å². The Labute approximate surface area is 217 Å². The van der Waals surface area contributed by atoms with E-state index < -0.39 is 0 Å². The molecule has 0 radical (unpaired) electrons. The Kier molecular flexibility index (Phi) is 7.35. The van der Waals surface area contributed by atoms with E-state index in [9.17, 15) is 9.59 Å². The lowest BCUT2D eigenvalue weighted by atomic mass is 9.95. The number of hydrogen-bond donors (Lipinski definition) is 2. The van der Waals surface area contributed by atoms with Gasteiger partial charge in [-0.25, -0.2) is 9.67 Å². The average Bonchev–Trinajstić information content (AvgIpc) is 3.48. The lowest BCUT2D eigenvalue weighted by Gasteiger charge is -2.14. The van der Waals surface area contributed by atoms with Crippen LogP contribution in [0.4, 0.5) is 10.8 Å². The van der Waals surface area contributed by atoms with Crippen molar-refractivity contribution in [2.75, 3.05) is 37.6 Å². The monoisotopic (exact) mass is 518 g/mol. The molecule has 37 heavy (non-hydrogen) atoms. The van der Waals surface area contributed by atoms with Crippen molar-refractivity contribution in [3.05, 3.63) is 60.0 Å². The van der Waals surface area contributed by atoms with Gasteiger partial charge < -0.3 is 20.1 Å². The zero-order valence-corrected chi connectivity index (χ0v) is 21.3. The van der Waals surface area contributed by atoms with E-state index in [0.29, 0.717) is 24.0 Å².